The van der Waals surface area contributed by atoms with E-state index in [2.05, 4.69) is 61.6 Å². The number of anilines is 3. The molecule has 0 unspecified atom stereocenters. The fourth-order valence-corrected chi connectivity index (χ4v) is 7.70. The quantitative estimate of drug-likeness (QED) is 0.232. The number of amides is 2. The molecule has 51 heavy (non-hydrogen) atoms. The van der Waals surface area contributed by atoms with E-state index >= 15 is 0 Å². The Hall–Kier alpha value is -4.42. The van der Waals surface area contributed by atoms with Gasteiger partial charge in [0.25, 0.3) is 22.9 Å². The van der Waals surface area contributed by atoms with E-state index in [-0.39, 0.29) is 45.0 Å². The van der Waals surface area contributed by atoms with E-state index in [0.717, 1.165) is 26.2 Å². The largest absolute Gasteiger partial charge is 0.384 e. The maximum absolute atomic E-state index is 13.1. The van der Waals surface area contributed by atoms with Gasteiger partial charge in [-0.1, -0.05) is 23.2 Å². The van der Waals surface area contributed by atoms with E-state index < -0.39 is 11.3 Å². The summed E-state index contributed by atoms with van der Waals surface area (Å²) in [5.74, 6) is 0.424. The highest BCUT2D eigenvalue weighted by atomic mass is 79.9. The number of hydrogen-bond acceptors (Lipinski definition) is 12. The summed E-state index contributed by atoms with van der Waals surface area (Å²) in [4.78, 5) is 69.6. The summed E-state index contributed by atoms with van der Waals surface area (Å²) in [5, 5.41) is 9.46. The van der Waals surface area contributed by atoms with Crippen LogP contribution in [0.5, 0.6) is 0 Å². The van der Waals surface area contributed by atoms with Gasteiger partial charge < -0.3 is 31.5 Å². The van der Waals surface area contributed by atoms with E-state index in [9.17, 15) is 19.2 Å². The second-order valence-corrected chi connectivity index (χ2v) is 14.3. The number of hydrogen-bond donors (Lipinski definition) is 4. The first-order chi connectivity index (χ1) is 24.3. The van der Waals surface area contributed by atoms with Crippen LogP contribution in [0.25, 0.3) is 0 Å². The molecule has 0 atom stereocenters. The van der Waals surface area contributed by atoms with Gasteiger partial charge in [-0.3, -0.25) is 28.3 Å². The molecule has 2 spiro atoms. The Bertz CT molecular complexity index is 2070. The molecular formula is C32H35BrCl2N12O4. The second-order valence-electron chi connectivity index (χ2n) is 12.7. The number of nitrogens with one attached hydrogen (secondary N) is 3. The molecule has 16 nitrogen and oxygen atoms in total. The highest BCUT2D eigenvalue weighted by Gasteiger charge is 2.47. The fourth-order valence-electron chi connectivity index (χ4n) is 6.60. The Morgan fingerprint density at radius 3 is 1.71 bits per heavy atom. The van der Waals surface area contributed by atoms with E-state index in [1.165, 1.54) is 33.9 Å². The monoisotopic (exact) mass is 800 g/mol. The standard InChI is InChI=1S/C16H17ClN6O2.C12H13BrClN3O2.C4H5N3/c1-22-6-3-16(4-7-22)21-14(24)13-10(17)8-11(15(25)23(13)16)20-12-2-5-18-9-19-12;1-16-4-2-12(3-5-16)15-10(18)9-8(14)6-7(13)11(19)17(9)12;5-4-1-2-6-3-7-4/h2,5,8-9H,3-4,6-7H2,1H3,(H,21,24)(H,18,19,20);6H,2-5H2,1H3,(H,15,18);1-3H,(H2,5,6,7). The normalized spacial score (nSPS) is 18.5. The van der Waals surface area contributed by atoms with Gasteiger partial charge in [-0.15, -0.1) is 0 Å². The lowest BCUT2D eigenvalue weighted by atomic mass is 9.97. The summed E-state index contributed by atoms with van der Waals surface area (Å²) in [6.45, 7) is 3.23. The van der Waals surface area contributed by atoms with Crippen molar-refractivity contribution in [3.8, 4) is 0 Å². The van der Waals surface area contributed by atoms with Crippen molar-refractivity contribution in [2.24, 2.45) is 0 Å². The lowest BCUT2D eigenvalue weighted by Crippen LogP contribution is -2.53. The molecule has 268 valence electrons. The van der Waals surface area contributed by atoms with E-state index in [4.69, 9.17) is 28.9 Å². The van der Waals surface area contributed by atoms with Gasteiger partial charge in [0.15, 0.2) is 0 Å². The zero-order valence-corrected chi connectivity index (χ0v) is 30.8. The van der Waals surface area contributed by atoms with Crippen LogP contribution in [0.4, 0.5) is 17.3 Å². The highest BCUT2D eigenvalue weighted by Crippen LogP contribution is 2.36. The van der Waals surface area contributed by atoms with Gasteiger partial charge >= 0.3 is 0 Å². The molecule has 5 N–H and O–H groups in total. The first-order valence-corrected chi connectivity index (χ1v) is 17.5. The van der Waals surface area contributed by atoms with Gasteiger partial charge in [0.05, 0.1) is 14.5 Å². The number of rotatable bonds is 2. The van der Waals surface area contributed by atoms with Crippen LogP contribution in [-0.4, -0.2) is 91.0 Å². The van der Waals surface area contributed by atoms with Crippen LogP contribution >= 0.6 is 39.1 Å². The van der Waals surface area contributed by atoms with Crippen molar-refractivity contribution in [3.05, 3.63) is 95.9 Å². The molecule has 4 aromatic rings. The van der Waals surface area contributed by atoms with Crippen LogP contribution in [0.1, 0.15) is 46.7 Å². The molecule has 0 aromatic carbocycles. The van der Waals surface area contributed by atoms with Gasteiger partial charge in [-0.25, -0.2) is 19.9 Å². The molecule has 0 saturated carbocycles. The lowest BCUT2D eigenvalue weighted by molar-refractivity contribution is 0.0790. The van der Waals surface area contributed by atoms with E-state index in [0.29, 0.717) is 46.8 Å². The Kier molecular flexibility index (Phi) is 10.5. The van der Waals surface area contributed by atoms with Crippen LogP contribution in [0.3, 0.4) is 0 Å². The average Bonchev–Trinajstić information content (AvgIpc) is 3.57. The number of pyridine rings is 2. The highest BCUT2D eigenvalue weighted by molar-refractivity contribution is 9.10. The minimum Gasteiger partial charge on any atom is -0.384 e. The first kappa shape index (κ1) is 36.4. The zero-order valence-electron chi connectivity index (χ0n) is 27.7. The van der Waals surface area contributed by atoms with Crippen molar-refractivity contribution in [1.82, 2.24) is 49.5 Å². The molecule has 0 radical (unpaired) electrons. The number of nitrogens with two attached hydrogens (primary N) is 1. The number of carbonyl (C=O) groups excluding carboxylic acids is 2. The van der Waals surface area contributed by atoms with Crippen molar-refractivity contribution >= 4 is 68.3 Å². The summed E-state index contributed by atoms with van der Waals surface area (Å²) in [6, 6.07) is 6.26. The third kappa shape index (κ3) is 7.21. The average molecular weight is 803 g/mol. The predicted octanol–water partition coefficient (Wildman–Crippen LogP) is 2.60. The molecule has 8 heterocycles. The number of likely N-dealkylation sites (tertiary alicyclic amines) is 2. The van der Waals surface area contributed by atoms with Crippen molar-refractivity contribution in [1.29, 1.82) is 0 Å². The first-order valence-electron chi connectivity index (χ1n) is 16.0. The van der Waals surface area contributed by atoms with Crippen LogP contribution in [-0.2, 0) is 11.3 Å². The lowest BCUT2D eigenvalue weighted by Gasteiger charge is -2.39. The zero-order chi connectivity index (χ0) is 36.5. The van der Waals surface area contributed by atoms with Gasteiger partial charge in [-0.2, -0.15) is 0 Å². The molecule has 8 rings (SSSR count). The van der Waals surface area contributed by atoms with E-state index in [1.54, 1.807) is 24.5 Å². The molecular weight excluding hydrogens is 767 g/mol. The maximum atomic E-state index is 13.1. The molecule has 2 amide bonds. The van der Waals surface area contributed by atoms with Gasteiger partial charge in [0.2, 0.25) is 0 Å². The minimum atomic E-state index is -0.719. The van der Waals surface area contributed by atoms with Crippen LogP contribution in [0, 0.1) is 0 Å². The van der Waals surface area contributed by atoms with E-state index in [1.807, 2.05) is 14.1 Å². The fraction of sp³-hybridized carbons (Fsp3) is 0.375. The van der Waals surface area contributed by atoms with Crippen LogP contribution < -0.4 is 32.8 Å². The number of nitrogen functional groups attached to an aromatic ring is 1. The summed E-state index contributed by atoms with van der Waals surface area (Å²) in [6.07, 6.45) is 8.68. The van der Waals surface area contributed by atoms with Crippen molar-refractivity contribution in [2.45, 2.75) is 37.0 Å². The van der Waals surface area contributed by atoms with Crippen molar-refractivity contribution < 1.29 is 9.59 Å². The molecule has 4 aliphatic heterocycles. The molecule has 0 bridgehead atoms. The summed E-state index contributed by atoms with van der Waals surface area (Å²) in [5.41, 5.74) is 4.15. The van der Waals surface area contributed by atoms with Gasteiger partial charge in [0.1, 0.15) is 52.7 Å². The number of fused-ring (bicyclic) bond motifs is 4. The summed E-state index contributed by atoms with van der Waals surface area (Å²) >= 11 is 15.7. The Balaban J connectivity index is 0.000000151. The number of piperidine rings is 2. The topological polar surface area (TPSA) is 198 Å². The molecule has 4 aliphatic rings. The van der Waals surface area contributed by atoms with Gasteiger partial charge in [0, 0.05) is 64.3 Å². The summed E-state index contributed by atoms with van der Waals surface area (Å²) in [7, 11) is 4.05. The maximum Gasteiger partial charge on any atom is 0.276 e. The Labute approximate surface area is 310 Å². The molecule has 4 aromatic heterocycles. The molecule has 19 heteroatoms. The SMILES string of the molecule is CN1CCC2(CC1)NC(=O)c1c(Cl)cc(Br)c(=O)n12.CN1CCC2(CC1)NC(=O)c1c(Cl)cc(Nc3ccncn3)c(=O)n12.Nc1ccncn1. The molecule has 0 aliphatic carbocycles. The second kappa shape index (κ2) is 14.7. The molecule has 2 saturated heterocycles. The number of halogens is 3. The van der Waals surface area contributed by atoms with Gasteiger partial charge in [-0.05, 0) is 54.3 Å². The number of carbonyl (C=O) groups is 2. The summed E-state index contributed by atoms with van der Waals surface area (Å²) < 4.78 is 3.44. The third-order valence-corrected chi connectivity index (χ3v) is 10.5. The van der Waals surface area contributed by atoms with Crippen molar-refractivity contribution in [3.63, 3.8) is 0 Å². The predicted molar refractivity (Wildman–Crippen MR) is 195 cm³/mol. The molecule has 2 fully saturated rings. The Morgan fingerprint density at radius 1 is 0.765 bits per heavy atom. The van der Waals surface area contributed by atoms with Crippen LogP contribution in [0.15, 0.2) is 63.4 Å². The minimum absolute atomic E-state index is 0.206. The Morgan fingerprint density at radius 2 is 1.25 bits per heavy atom. The number of nitrogens with zero attached hydrogens (tertiary/aromatic N) is 8. The third-order valence-electron chi connectivity index (χ3n) is 9.32. The smallest absolute Gasteiger partial charge is 0.276 e. The van der Waals surface area contributed by atoms with Crippen LogP contribution in [0.2, 0.25) is 10.0 Å². The number of aromatic nitrogens is 6. The van der Waals surface area contributed by atoms with Crippen molar-refractivity contribution in [2.75, 3.05) is 51.3 Å².